The summed E-state index contributed by atoms with van der Waals surface area (Å²) in [4.78, 5) is 18.5. The summed E-state index contributed by atoms with van der Waals surface area (Å²) in [5, 5.41) is 4.50. The van der Waals surface area contributed by atoms with Crippen molar-refractivity contribution in [2.24, 2.45) is 0 Å². The highest BCUT2D eigenvalue weighted by molar-refractivity contribution is 6.00. The highest BCUT2D eigenvalue weighted by Crippen LogP contribution is 2.24. The molecule has 1 aliphatic rings. The summed E-state index contributed by atoms with van der Waals surface area (Å²) < 4.78 is 6.99. The van der Waals surface area contributed by atoms with E-state index in [4.69, 9.17) is 10.5 Å². The molecule has 0 bridgehead atoms. The molecule has 2 aromatic heterocycles. The van der Waals surface area contributed by atoms with Crippen molar-refractivity contribution in [1.29, 1.82) is 0 Å². The van der Waals surface area contributed by atoms with Crippen LogP contribution in [0.5, 0.6) is 0 Å². The maximum atomic E-state index is 12.6. The van der Waals surface area contributed by atoms with Gasteiger partial charge < -0.3 is 15.4 Å². The Balaban J connectivity index is 1.64. The van der Waals surface area contributed by atoms with E-state index in [1.807, 2.05) is 18.2 Å². The van der Waals surface area contributed by atoms with Gasteiger partial charge in [-0.1, -0.05) is 6.07 Å². The standard InChI is InChI=1S/C17H17N5O2/c18-14-11-12(15-3-4-16-19-5-6-22(16)20-15)1-2-13(14)17(23)21-7-9-24-10-8-21/h1-6,11H,7-10,18H2. The number of nitrogens with zero attached hydrogens (tertiary/aromatic N) is 4. The molecule has 1 amide bonds. The number of aromatic nitrogens is 3. The van der Waals surface area contributed by atoms with Gasteiger partial charge in [-0.2, -0.15) is 5.10 Å². The predicted molar refractivity (Wildman–Crippen MR) is 89.6 cm³/mol. The number of benzene rings is 1. The fourth-order valence-electron chi connectivity index (χ4n) is 2.82. The number of fused-ring (bicyclic) bond motifs is 1. The van der Waals surface area contributed by atoms with Crippen LogP contribution in [-0.4, -0.2) is 51.7 Å². The Morgan fingerprint density at radius 1 is 1.17 bits per heavy atom. The molecule has 1 aromatic carbocycles. The van der Waals surface area contributed by atoms with Crippen LogP contribution in [-0.2, 0) is 4.74 Å². The number of nitrogens with two attached hydrogens (primary N) is 1. The molecule has 0 unspecified atom stereocenters. The fraction of sp³-hybridized carbons (Fsp3) is 0.235. The number of carbonyl (C=O) groups is 1. The zero-order valence-corrected chi connectivity index (χ0v) is 13.1. The zero-order chi connectivity index (χ0) is 16.5. The minimum Gasteiger partial charge on any atom is -0.398 e. The molecule has 0 atom stereocenters. The Hall–Kier alpha value is -2.93. The molecular weight excluding hydrogens is 306 g/mol. The van der Waals surface area contributed by atoms with Gasteiger partial charge in [0, 0.05) is 36.7 Å². The average molecular weight is 323 g/mol. The second-order valence-electron chi connectivity index (χ2n) is 5.66. The second kappa shape index (κ2) is 5.93. The number of hydrogen-bond acceptors (Lipinski definition) is 5. The van der Waals surface area contributed by atoms with Crippen molar-refractivity contribution < 1.29 is 9.53 Å². The van der Waals surface area contributed by atoms with Crippen molar-refractivity contribution in [2.45, 2.75) is 0 Å². The lowest BCUT2D eigenvalue weighted by Crippen LogP contribution is -2.40. The van der Waals surface area contributed by atoms with Crippen molar-refractivity contribution in [1.82, 2.24) is 19.5 Å². The number of rotatable bonds is 2. The number of nitrogen functional groups attached to an aromatic ring is 1. The zero-order valence-electron chi connectivity index (χ0n) is 13.1. The number of hydrogen-bond donors (Lipinski definition) is 1. The van der Waals surface area contributed by atoms with Crippen molar-refractivity contribution in [3.63, 3.8) is 0 Å². The first kappa shape index (κ1) is 14.6. The molecule has 4 rings (SSSR count). The molecule has 3 heterocycles. The first-order valence-corrected chi connectivity index (χ1v) is 7.80. The van der Waals surface area contributed by atoms with Gasteiger partial charge in [0.2, 0.25) is 0 Å². The van der Waals surface area contributed by atoms with Crippen LogP contribution in [0.3, 0.4) is 0 Å². The topological polar surface area (TPSA) is 85.8 Å². The van der Waals surface area contributed by atoms with Crippen LogP contribution in [0.4, 0.5) is 5.69 Å². The molecule has 0 spiro atoms. The van der Waals surface area contributed by atoms with Crippen LogP contribution in [0.25, 0.3) is 16.9 Å². The van der Waals surface area contributed by atoms with Gasteiger partial charge >= 0.3 is 0 Å². The molecule has 24 heavy (non-hydrogen) atoms. The van der Waals surface area contributed by atoms with E-state index < -0.39 is 0 Å². The van der Waals surface area contributed by atoms with Gasteiger partial charge in [-0.3, -0.25) is 4.79 Å². The number of amides is 1. The van der Waals surface area contributed by atoms with Crippen LogP contribution < -0.4 is 5.73 Å². The molecule has 1 fully saturated rings. The third-order valence-electron chi connectivity index (χ3n) is 4.13. The van der Waals surface area contributed by atoms with Crippen LogP contribution in [0.1, 0.15) is 10.4 Å². The summed E-state index contributed by atoms with van der Waals surface area (Å²) in [7, 11) is 0. The Morgan fingerprint density at radius 2 is 2.00 bits per heavy atom. The summed E-state index contributed by atoms with van der Waals surface area (Å²) in [6.45, 7) is 2.33. The van der Waals surface area contributed by atoms with Gasteiger partial charge in [0.25, 0.3) is 5.91 Å². The number of anilines is 1. The highest BCUT2D eigenvalue weighted by Gasteiger charge is 2.20. The first-order chi connectivity index (χ1) is 11.7. The number of morpholine rings is 1. The summed E-state index contributed by atoms with van der Waals surface area (Å²) >= 11 is 0. The minimum atomic E-state index is -0.0552. The summed E-state index contributed by atoms with van der Waals surface area (Å²) in [6.07, 6.45) is 3.49. The quantitative estimate of drug-likeness (QED) is 0.722. The molecule has 7 nitrogen and oxygen atoms in total. The van der Waals surface area contributed by atoms with Crippen molar-refractivity contribution in [2.75, 3.05) is 32.0 Å². The lowest BCUT2D eigenvalue weighted by atomic mass is 10.1. The minimum absolute atomic E-state index is 0.0552. The number of ether oxygens (including phenoxy) is 1. The highest BCUT2D eigenvalue weighted by atomic mass is 16.5. The van der Waals surface area contributed by atoms with Gasteiger partial charge in [-0.05, 0) is 24.3 Å². The molecule has 1 saturated heterocycles. The lowest BCUT2D eigenvalue weighted by Gasteiger charge is -2.27. The van der Waals surface area contributed by atoms with E-state index in [1.165, 1.54) is 0 Å². The van der Waals surface area contributed by atoms with E-state index in [1.54, 1.807) is 33.9 Å². The van der Waals surface area contributed by atoms with Crippen LogP contribution in [0.2, 0.25) is 0 Å². The molecule has 0 saturated carbocycles. The first-order valence-electron chi connectivity index (χ1n) is 7.80. The SMILES string of the molecule is Nc1cc(-c2ccc3nccn3n2)ccc1C(=O)N1CCOCC1. The molecule has 0 aliphatic carbocycles. The monoisotopic (exact) mass is 323 g/mol. The molecule has 0 radical (unpaired) electrons. The summed E-state index contributed by atoms with van der Waals surface area (Å²) in [5.74, 6) is -0.0552. The molecule has 3 aromatic rings. The smallest absolute Gasteiger partial charge is 0.256 e. The Labute approximate surface area is 138 Å². The van der Waals surface area contributed by atoms with E-state index in [-0.39, 0.29) is 5.91 Å². The average Bonchev–Trinajstić information content (AvgIpc) is 3.09. The van der Waals surface area contributed by atoms with E-state index in [0.29, 0.717) is 37.6 Å². The molecule has 1 aliphatic heterocycles. The maximum absolute atomic E-state index is 12.6. The van der Waals surface area contributed by atoms with Gasteiger partial charge in [0.1, 0.15) is 0 Å². The molecule has 122 valence electrons. The lowest BCUT2D eigenvalue weighted by molar-refractivity contribution is 0.0303. The van der Waals surface area contributed by atoms with E-state index in [9.17, 15) is 4.79 Å². The number of imidazole rings is 1. The Morgan fingerprint density at radius 3 is 2.79 bits per heavy atom. The van der Waals surface area contributed by atoms with E-state index in [0.717, 1.165) is 16.9 Å². The third kappa shape index (κ3) is 2.59. The van der Waals surface area contributed by atoms with Gasteiger partial charge in [-0.25, -0.2) is 9.50 Å². The van der Waals surface area contributed by atoms with Crippen molar-refractivity contribution in [3.8, 4) is 11.3 Å². The molecular formula is C17H17N5O2. The van der Waals surface area contributed by atoms with Crippen LogP contribution in [0, 0.1) is 0 Å². The largest absolute Gasteiger partial charge is 0.398 e. The molecule has 2 N–H and O–H groups in total. The second-order valence-corrected chi connectivity index (χ2v) is 5.66. The van der Waals surface area contributed by atoms with Crippen molar-refractivity contribution in [3.05, 3.63) is 48.3 Å². The van der Waals surface area contributed by atoms with Crippen LogP contribution >= 0.6 is 0 Å². The van der Waals surface area contributed by atoms with E-state index >= 15 is 0 Å². The maximum Gasteiger partial charge on any atom is 0.256 e. The summed E-state index contributed by atoms with van der Waals surface area (Å²) in [6, 6.07) is 9.21. The van der Waals surface area contributed by atoms with Gasteiger partial charge in [0.15, 0.2) is 5.65 Å². The normalized spacial score (nSPS) is 14.9. The number of carbonyl (C=O) groups excluding carboxylic acids is 1. The Bertz CT molecular complexity index is 899. The van der Waals surface area contributed by atoms with Gasteiger partial charge in [-0.15, -0.1) is 0 Å². The van der Waals surface area contributed by atoms with Crippen LogP contribution in [0.15, 0.2) is 42.7 Å². The Kier molecular flexibility index (Phi) is 3.62. The summed E-state index contributed by atoms with van der Waals surface area (Å²) in [5.41, 5.74) is 9.53. The molecule has 7 heteroatoms. The van der Waals surface area contributed by atoms with E-state index in [2.05, 4.69) is 10.1 Å². The predicted octanol–water partition coefficient (Wildman–Crippen LogP) is 1.45. The third-order valence-corrected chi connectivity index (χ3v) is 4.13. The fourth-order valence-corrected chi connectivity index (χ4v) is 2.82. The van der Waals surface area contributed by atoms with Gasteiger partial charge in [0.05, 0.1) is 24.5 Å². The van der Waals surface area contributed by atoms with Crippen molar-refractivity contribution >= 4 is 17.2 Å².